The molecule has 128 valence electrons. The summed E-state index contributed by atoms with van der Waals surface area (Å²) in [5.74, 6) is -0.536. The van der Waals surface area contributed by atoms with E-state index in [-0.39, 0.29) is 0 Å². The number of hydrogen-bond acceptors (Lipinski definition) is 5. The highest BCUT2D eigenvalue weighted by atomic mass is 16.5. The zero-order valence-electron chi connectivity index (χ0n) is 13.9. The number of carbonyl (C=O) groups is 2. The SMILES string of the molecule is CCC(OC(=O)c1ccc2nc[nH]c2c1)C(=O)Nc1cccc(C)n1. The van der Waals surface area contributed by atoms with Gasteiger partial charge in [0.2, 0.25) is 0 Å². The maximum Gasteiger partial charge on any atom is 0.338 e. The third-order valence-corrected chi connectivity index (χ3v) is 3.71. The fourth-order valence-corrected chi connectivity index (χ4v) is 2.40. The van der Waals surface area contributed by atoms with Gasteiger partial charge in [-0.2, -0.15) is 0 Å². The van der Waals surface area contributed by atoms with Crippen LogP contribution in [0.25, 0.3) is 11.0 Å². The highest BCUT2D eigenvalue weighted by Gasteiger charge is 2.22. The molecule has 1 amide bonds. The largest absolute Gasteiger partial charge is 0.449 e. The van der Waals surface area contributed by atoms with Gasteiger partial charge >= 0.3 is 5.97 Å². The van der Waals surface area contributed by atoms with E-state index in [1.54, 1.807) is 43.6 Å². The summed E-state index contributed by atoms with van der Waals surface area (Å²) in [5.41, 5.74) is 2.63. The first kappa shape index (κ1) is 16.6. The monoisotopic (exact) mass is 338 g/mol. The highest BCUT2D eigenvalue weighted by Crippen LogP contribution is 2.14. The minimum Gasteiger partial charge on any atom is -0.449 e. The summed E-state index contributed by atoms with van der Waals surface area (Å²) >= 11 is 0. The summed E-state index contributed by atoms with van der Waals surface area (Å²) in [6.45, 7) is 3.61. The second kappa shape index (κ2) is 7.12. The first-order valence-corrected chi connectivity index (χ1v) is 7.95. The van der Waals surface area contributed by atoms with Crippen LogP contribution in [0.4, 0.5) is 5.82 Å². The molecule has 0 saturated carbocycles. The van der Waals surface area contributed by atoms with Crippen LogP contribution in [-0.4, -0.2) is 32.9 Å². The van der Waals surface area contributed by atoms with Crippen LogP contribution in [0.2, 0.25) is 0 Å². The molecule has 0 saturated heterocycles. The molecule has 7 nitrogen and oxygen atoms in total. The van der Waals surface area contributed by atoms with Gasteiger partial charge in [-0.25, -0.2) is 14.8 Å². The molecule has 3 rings (SSSR count). The van der Waals surface area contributed by atoms with E-state index in [2.05, 4.69) is 20.3 Å². The van der Waals surface area contributed by atoms with Gasteiger partial charge in [0, 0.05) is 5.69 Å². The average molecular weight is 338 g/mol. The lowest BCUT2D eigenvalue weighted by Gasteiger charge is -2.16. The second-order valence-corrected chi connectivity index (χ2v) is 5.59. The van der Waals surface area contributed by atoms with Gasteiger partial charge in [-0.15, -0.1) is 0 Å². The molecule has 0 spiro atoms. The Hall–Kier alpha value is -3.22. The van der Waals surface area contributed by atoms with E-state index in [1.165, 1.54) is 0 Å². The minimum atomic E-state index is -0.896. The molecular weight excluding hydrogens is 320 g/mol. The van der Waals surface area contributed by atoms with E-state index >= 15 is 0 Å². The number of pyridine rings is 1. The lowest BCUT2D eigenvalue weighted by atomic mass is 10.2. The summed E-state index contributed by atoms with van der Waals surface area (Å²) in [7, 11) is 0. The van der Waals surface area contributed by atoms with Gasteiger partial charge in [0.25, 0.3) is 5.91 Å². The molecule has 2 N–H and O–H groups in total. The lowest BCUT2D eigenvalue weighted by molar-refractivity contribution is -0.124. The Labute approximate surface area is 144 Å². The number of nitrogens with zero attached hydrogens (tertiary/aromatic N) is 2. The van der Waals surface area contributed by atoms with Crippen LogP contribution in [0.3, 0.4) is 0 Å². The van der Waals surface area contributed by atoms with E-state index in [4.69, 9.17) is 4.74 Å². The molecule has 0 aliphatic rings. The third kappa shape index (κ3) is 3.82. The molecule has 1 aromatic carbocycles. The van der Waals surface area contributed by atoms with Gasteiger partial charge in [-0.3, -0.25) is 4.79 Å². The van der Waals surface area contributed by atoms with Crippen LogP contribution in [0.15, 0.2) is 42.7 Å². The molecule has 0 fully saturated rings. The van der Waals surface area contributed by atoms with Crippen LogP contribution < -0.4 is 5.32 Å². The number of hydrogen-bond donors (Lipinski definition) is 2. The molecule has 0 radical (unpaired) electrons. The van der Waals surface area contributed by atoms with E-state index < -0.39 is 18.0 Å². The number of imidazole rings is 1. The number of fused-ring (bicyclic) bond motifs is 1. The van der Waals surface area contributed by atoms with Crippen molar-refractivity contribution in [3.8, 4) is 0 Å². The Morgan fingerprint density at radius 1 is 1.28 bits per heavy atom. The molecule has 3 aromatic rings. The van der Waals surface area contributed by atoms with Crippen molar-refractivity contribution in [1.82, 2.24) is 15.0 Å². The number of aromatic amines is 1. The summed E-state index contributed by atoms with van der Waals surface area (Å²) in [6, 6.07) is 10.3. The molecule has 7 heteroatoms. The van der Waals surface area contributed by atoms with Crippen molar-refractivity contribution in [1.29, 1.82) is 0 Å². The number of carbonyl (C=O) groups excluding carboxylic acids is 2. The van der Waals surface area contributed by atoms with E-state index in [1.807, 2.05) is 13.0 Å². The van der Waals surface area contributed by atoms with Crippen LogP contribution in [0.5, 0.6) is 0 Å². The first-order valence-electron chi connectivity index (χ1n) is 7.95. The van der Waals surface area contributed by atoms with Gasteiger partial charge in [0.05, 0.1) is 22.9 Å². The zero-order valence-corrected chi connectivity index (χ0v) is 13.9. The molecule has 25 heavy (non-hydrogen) atoms. The summed E-state index contributed by atoms with van der Waals surface area (Å²) < 4.78 is 5.36. The molecule has 0 bridgehead atoms. The van der Waals surface area contributed by atoms with Crippen LogP contribution in [-0.2, 0) is 9.53 Å². The van der Waals surface area contributed by atoms with Crippen molar-refractivity contribution in [3.05, 3.63) is 54.0 Å². The van der Waals surface area contributed by atoms with Crippen LogP contribution >= 0.6 is 0 Å². The topological polar surface area (TPSA) is 97.0 Å². The number of aryl methyl sites for hydroxylation is 1. The lowest BCUT2D eigenvalue weighted by Crippen LogP contribution is -2.32. The fraction of sp³-hybridized carbons (Fsp3) is 0.222. The summed E-state index contributed by atoms with van der Waals surface area (Å²) in [5, 5.41) is 2.67. The Morgan fingerprint density at radius 3 is 2.88 bits per heavy atom. The van der Waals surface area contributed by atoms with Crippen molar-refractivity contribution in [2.24, 2.45) is 0 Å². The number of aromatic nitrogens is 3. The highest BCUT2D eigenvalue weighted by molar-refractivity contribution is 5.98. The van der Waals surface area contributed by atoms with Crippen molar-refractivity contribution in [2.75, 3.05) is 5.32 Å². The van der Waals surface area contributed by atoms with E-state index in [0.717, 1.165) is 16.7 Å². The number of amides is 1. The van der Waals surface area contributed by atoms with Crippen LogP contribution in [0.1, 0.15) is 29.4 Å². The smallest absolute Gasteiger partial charge is 0.338 e. The van der Waals surface area contributed by atoms with Gasteiger partial charge in [0.15, 0.2) is 6.10 Å². The second-order valence-electron chi connectivity index (χ2n) is 5.59. The molecular formula is C18H18N4O3. The number of benzene rings is 1. The van der Waals surface area contributed by atoms with Gasteiger partial charge in [-0.1, -0.05) is 13.0 Å². The Balaban J connectivity index is 1.69. The van der Waals surface area contributed by atoms with Crippen molar-refractivity contribution in [3.63, 3.8) is 0 Å². The quantitative estimate of drug-likeness (QED) is 0.697. The first-order chi connectivity index (χ1) is 12.1. The normalized spacial score (nSPS) is 11.9. The van der Waals surface area contributed by atoms with Gasteiger partial charge < -0.3 is 15.0 Å². The van der Waals surface area contributed by atoms with E-state index in [0.29, 0.717) is 17.8 Å². The van der Waals surface area contributed by atoms with Gasteiger partial charge in [0.1, 0.15) is 5.82 Å². The van der Waals surface area contributed by atoms with Crippen molar-refractivity contribution >= 4 is 28.7 Å². The Kier molecular flexibility index (Phi) is 4.74. The van der Waals surface area contributed by atoms with Gasteiger partial charge in [-0.05, 0) is 43.7 Å². The van der Waals surface area contributed by atoms with Crippen LogP contribution in [0, 0.1) is 6.92 Å². The third-order valence-electron chi connectivity index (χ3n) is 3.71. The predicted octanol–water partition coefficient (Wildman–Crippen LogP) is 2.84. The zero-order chi connectivity index (χ0) is 17.8. The molecule has 2 aromatic heterocycles. The molecule has 2 heterocycles. The standard InChI is InChI=1S/C18H18N4O3/c1-3-15(17(23)22-16-6-4-5-11(2)21-16)25-18(24)12-7-8-13-14(9-12)20-10-19-13/h4-10,15H,3H2,1-2H3,(H,19,20)(H,21,22,23). The van der Waals surface area contributed by atoms with Crippen molar-refractivity contribution < 1.29 is 14.3 Å². The Bertz CT molecular complexity index is 919. The van der Waals surface area contributed by atoms with E-state index in [9.17, 15) is 9.59 Å². The molecule has 0 aliphatic carbocycles. The average Bonchev–Trinajstić information content (AvgIpc) is 3.07. The number of esters is 1. The predicted molar refractivity (Wildman–Crippen MR) is 93.2 cm³/mol. The maximum atomic E-state index is 12.3. The summed E-state index contributed by atoms with van der Waals surface area (Å²) in [4.78, 5) is 35.9. The number of H-pyrrole nitrogens is 1. The number of anilines is 1. The fourth-order valence-electron chi connectivity index (χ4n) is 2.40. The molecule has 1 unspecified atom stereocenters. The molecule has 1 atom stereocenters. The van der Waals surface area contributed by atoms with Crippen molar-refractivity contribution in [2.45, 2.75) is 26.4 Å². The summed E-state index contributed by atoms with van der Waals surface area (Å²) in [6.07, 6.45) is 1.01. The Morgan fingerprint density at radius 2 is 2.12 bits per heavy atom. The number of rotatable bonds is 5. The number of nitrogens with one attached hydrogen (secondary N) is 2. The maximum absolute atomic E-state index is 12.3. The minimum absolute atomic E-state index is 0.357. The number of ether oxygens (including phenoxy) is 1. The molecule has 0 aliphatic heterocycles.